The van der Waals surface area contributed by atoms with Crippen molar-refractivity contribution in [2.24, 2.45) is 0 Å². The van der Waals surface area contributed by atoms with Gasteiger partial charge in [-0.2, -0.15) is 5.10 Å². The van der Waals surface area contributed by atoms with Gasteiger partial charge in [-0.3, -0.25) is 14.3 Å². The highest BCUT2D eigenvalue weighted by Gasteiger charge is 2.25. The minimum Gasteiger partial charge on any atom is -0.510 e. The first kappa shape index (κ1) is 20.9. The van der Waals surface area contributed by atoms with E-state index in [4.69, 9.17) is 0 Å². The van der Waals surface area contributed by atoms with Crippen LogP contribution in [0.4, 0.5) is 10.1 Å². The molecule has 3 heterocycles. The molecule has 5 rings (SSSR count). The van der Waals surface area contributed by atoms with E-state index in [2.05, 4.69) is 10.4 Å². The van der Waals surface area contributed by atoms with E-state index in [1.165, 1.54) is 47.9 Å². The summed E-state index contributed by atoms with van der Waals surface area (Å²) in [5, 5.41) is 26.9. The second-order valence-electron chi connectivity index (χ2n) is 8.20. The van der Waals surface area contributed by atoms with Gasteiger partial charge in [0.25, 0.3) is 5.91 Å². The number of carbonyl (C=O) groups excluding carboxylic acids is 1. The maximum absolute atomic E-state index is 15.5. The number of aromatic nitrogens is 3. The number of nitrogens with one attached hydrogen (secondary N) is 1. The summed E-state index contributed by atoms with van der Waals surface area (Å²) in [5.41, 5.74) is 1.16. The van der Waals surface area contributed by atoms with Crippen LogP contribution in [0.5, 0.6) is 0 Å². The van der Waals surface area contributed by atoms with Crippen LogP contribution in [0.25, 0.3) is 22.4 Å². The molecule has 1 amide bonds. The highest BCUT2D eigenvalue weighted by molar-refractivity contribution is 6.09. The summed E-state index contributed by atoms with van der Waals surface area (Å²) in [5.74, 6) is -1.35. The SMILES string of the molecule is CC(O)=c1cc(C(=O)Nc2cc(CO)cc(-c3cnn(C4CC4)c3)c2F)c2cc(=O)ccn12. The summed E-state index contributed by atoms with van der Waals surface area (Å²) in [6.45, 7) is 1.12. The molecule has 0 aliphatic heterocycles. The molecule has 1 aromatic carbocycles. The Morgan fingerprint density at radius 3 is 2.76 bits per heavy atom. The lowest BCUT2D eigenvalue weighted by atomic mass is 10.0. The van der Waals surface area contributed by atoms with Crippen molar-refractivity contribution < 1.29 is 19.4 Å². The lowest BCUT2D eigenvalue weighted by Gasteiger charge is -2.11. The normalized spacial score (nSPS) is 14.5. The minimum atomic E-state index is -0.658. The molecule has 0 bridgehead atoms. The number of rotatable bonds is 5. The molecular formula is C24H21FN4O4. The van der Waals surface area contributed by atoms with E-state index in [9.17, 15) is 19.8 Å². The van der Waals surface area contributed by atoms with E-state index < -0.39 is 11.7 Å². The summed E-state index contributed by atoms with van der Waals surface area (Å²) >= 11 is 0. The smallest absolute Gasteiger partial charge is 0.257 e. The van der Waals surface area contributed by atoms with Crippen LogP contribution in [-0.2, 0) is 6.61 Å². The van der Waals surface area contributed by atoms with Gasteiger partial charge < -0.3 is 19.9 Å². The van der Waals surface area contributed by atoms with Crippen molar-refractivity contribution in [1.82, 2.24) is 14.2 Å². The van der Waals surface area contributed by atoms with E-state index in [0.717, 1.165) is 12.8 Å². The average Bonchev–Trinajstić information content (AvgIpc) is 3.39. The van der Waals surface area contributed by atoms with E-state index in [1.807, 2.05) is 0 Å². The third kappa shape index (κ3) is 3.76. The number of anilines is 1. The summed E-state index contributed by atoms with van der Waals surface area (Å²) in [4.78, 5) is 25.0. The van der Waals surface area contributed by atoms with Crippen molar-refractivity contribution in [3.05, 3.63) is 81.4 Å². The zero-order valence-electron chi connectivity index (χ0n) is 17.7. The van der Waals surface area contributed by atoms with Gasteiger partial charge in [-0.15, -0.1) is 0 Å². The zero-order chi connectivity index (χ0) is 23.3. The predicted molar refractivity (Wildman–Crippen MR) is 120 cm³/mol. The van der Waals surface area contributed by atoms with Crippen LogP contribution >= 0.6 is 0 Å². The van der Waals surface area contributed by atoms with Crippen LogP contribution in [-0.4, -0.2) is 30.3 Å². The van der Waals surface area contributed by atoms with Gasteiger partial charge in [0, 0.05) is 35.7 Å². The Hall–Kier alpha value is -3.98. The number of pyridine rings is 1. The molecule has 3 aromatic heterocycles. The standard InChI is InChI=1S/C24H21FN4O4/c1-13(31)21-9-19(22-8-17(32)4-5-28(21)22)24(33)27-20-7-14(12-30)6-18(23(20)25)15-10-26-29(11-15)16-2-3-16/h4-11,16,30-31H,2-3,12H2,1H3,(H,27,33). The number of hydrogen-bond acceptors (Lipinski definition) is 5. The fourth-order valence-corrected chi connectivity index (χ4v) is 3.92. The van der Waals surface area contributed by atoms with Crippen molar-refractivity contribution >= 4 is 22.9 Å². The number of amides is 1. The zero-order valence-corrected chi connectivity index (χ0v) is 17.7. The van der Waals surface area contributed by atoms with E-state index in [-0.39, 0.29) is 40.1 Å². The molecule has 3 N–H and O–H groups in total. The van der Waals surface area contributed by atoms with Gasteiger partial charge in [0.2, 0.25) is 0 Å². The predicted octanol–water partition coefficient (Wildman–Crippen LogP) is 2.79. The fourth-order valence-electron chi connectivity index (χ4n) is 3.92. The number of hydrogen-bond donors (Lipinski definition) is 3. The molecule has 0 saturated heterocycles. The topological polar surface area (TPSA) is 109 Å². The van der Waals surface area contributed by atoms with Gasteiger partial charge in [-0.1, -0.05) is 0 Å². The van der Waals surface area contributed by atoms with Crippen molar-refractivity contribution in [2.75, 3.05) is 5.32 Å². The van der Waals surface area contributed by atoms with Gasteiger partial charge in [-0.25, -0.2) is 4.39 Å². The van der Waals surface area contributed by atoms with Gasteiger partial charge in [0.1, 0.15) is 5.76 Å². The maximum atomic E-state index is 15.5. The maximum Gasteiger partial charge on any atom is 0.257 e. The molecule has 0 unspecified atom stereocenters. The van der Waals surface area contributed by atoms with Crippen LogP contribution < -0.4 is 16.1 Å². The largest absolute Gasteiger partial charge is 0.510 e. The van der Waals surface area contributed by atoms with Gasteiger partial charge in [0.15, 0.2) is 11.2 Å². The van der Waals surface area contributed by atoms with Crippen molar-refractivity contribution in [1.29, 1.82) is 0 Å². The molecular weight excluding hydrogens is 427 g/mol. The molecule has 8 nitrogen and oxygen atoms in total. The third-order valence-corrected chi connectivity index (χ3v) is 5.75. The molecule has 1 aliphatic rings. The third-order valence-electron chi connectivity index (χ3n) is 5.75. The quantitative estimate of drug-likeness (QED) is 0.435. The Morgan fingerprint density at radius 2 is 2.06 bits per heavy atom. The van der Waals surface area contributed by atoms with Crippen LogP contribution in [0.3, 0.4) is 0 Å². The lowest BCUT2D eigenvalue weighted by Crippen LogP contribution is -2.14. The molecule has 168 valence electrons. The number of carbonyl (C=O) groups is 1. The van der Waals surface area contributed by atoms with Crippen LogP contribution in [0.1, 0.15) is 41.7 Å². The van der Waals surface area contributed by atoms with Crippen molar-refractivity contribution in [3.8, 4) is 11.1 Å². The number of benzene rings is 1. The first-order valence-corrected chi connectivity index (χ1v) is 10.5. The van der Waals surface area contributed by atoms with E-state index in [0.29, 0.717) is 22.5 Å². The Bertz CT molecular complexity index is 1510. The summed E-state index contributed by atoms with van der Waals surface area (Å²) in [6, 6.07) is 7.26. The second-order valence-corrected chi connectivity index (χ2v) is 8.20. The summed E-state index contributed by atoms with van der Waals surface area (Å²) in [6.07, 6.45) is 6.85. The van der Waals surface area contributed by atoms with Gasteiger partial charge in [0.05, 0.1) is 41.0 Å². The molecule has 0 radical (unpaired) electrons. The van der Waals surface area contributed by atoms with E-state index >= 15 is 4.39 Å². The van der Waals surface area contributed by atoms with E-state index in [1.54, 1.807) is 17.1 Å². The second kappa shape index (κ2) is 7.86. The van der Waals surface area contributed by atoms with Gasteiger partial charge >= 0.3 is 0 Å². The highest BCUT2D eigenvalue weighted by Crippen LogP contribution is 2.36. The molecule has 0 spiro atoms. The van der Waals surface area contributed by atoms with Gasteiger partial charge in [-0.05, 0) is 43.5 Å². The number of fused-ring (bicyclic) bond motifs is 1. The molecule has 1 aliphatic carbocycles. The number of halogens is 1. The summed E-state index contributed by atoms with van der Waals surface area (Å²) in [7, 11) is 0. The number of aliphatic hydroxyl groups excluding tert-OH is 2. The first-order valence-electron chi connectivity index (χ1n) is 10.5. The first-order chi connectivity index (χ1) is 15.9. The lowest BCUT2D eigenvalue weighted by molar-refractivity contribution is 0.102. The molecule has 1 fully saturated rings. The Labute approximate surface area is 187 Å². The van der Waals surface area contributed by atoms with Crippen LogP contribution in [0.2, 0.25) is 0 Å². The number of nitrogens with zero attached hydrogens (tertiary/aromatic N) is 3. The Morgan fingerprint density at radius 1 is 1.27 bits per heavy atom. The minimum absolute atomic E-state index is 0.0360. The van der Waals surface area contributed by atoms with Crippen molar-refractivity contribution in [3.63, 3.8) is 0 Å². The monoisotopic (exact) mass is 448 g/mol. The molecule has 4 aromatic rings. The Balaban J connectivity index is 1.57. The average molecular weight is 448 g/mol. The Kier molecular flexibility index (Phi) is 4.98. The van der Waals surface area contributed by atoms with Crippen LogP contribution in [0, 0.1) is 5.82 Å². The highest BCUT2D eigenvalue weighted by atomic mass is 19.1. The molecule has 33 heavy (non-hydrogen) atoms. The molecule has 0 atom stereocenters. The summed E-state index contributed by atoms with van der Waals surface area (Å²) < 4.78 is 18.8. The number of aliphatic hydroxyl groups is 2. The molecule has 1 saturated carbocycles. The van der Waals surface area contributed by atoms with Crippen LogP contribution in [0.15, 0.2) is 53.7 Å². The molecule has 9 heteroatoms. The van der Waals surface area contributed by atoms with Crippen molar-refractivity contribution in [2.45, 2.75) is 32.4 Å². The fraction of sp³-hybridized carbons (Fsp3) is 0.208.